The minimum absolute atomic E-state index is 0.00729. The van der Waals surface area contributed by atoms with Crippen molar-refractivity contribution in [3.8, 4) is 0 Å². The summed E-state index contributed by atoms with van der Waals surface area (Å²) in [5, 5.41) is 9.80. The Morgan fingerprint density at radius 1 is 0.500 bits per heavy atom. The van der Waals surface area contributed by atoms with Crippen LogP contribution >= 0.6 is 0 Å². The number of hydrogen-bond donors (Lipinski definition) is 1. The van der Waals surface area contributed by atoms with Crippen LogP contribution in [0.4, 0.5) is 0 Å². The fourth-order valence-corrected chi connectivity index (χ4v) is 6.28. The Morgan fingerprint density at radius 2 is 0.982 bits per heavy atom. The third-order valence-corrected chi connectivity index (χ3v) is 9.91. The third kappa shape index (κ3) is 36.1. The van der Waals surface area contributed by atoms with Crippen LogP contribution in [-0.2, 0) is 38.1 Å². The summed E-state index contributed by atoms with van der Waals surface area (Å²) >= 11 is 0. The van der Waals surface area contributed by atoms with Crippen molar-refractivity contribution in [2.45, 2.75) is 207 Å². The molecule has 0 aliphatic carbocycles. The molecular formula is C47H86O9. The van der Waals surface area contributed by atoms with E-state index >= 15 is 0 Å². The molecule has 0 bridgehead atoms. The summed E-state index contributed by atoms with van der Waals surface area (Å²) in [6.45, 7) is 9.97. The van der Waals surface area contributed by atoms with Gasteiger partial charge in [-0.3, -0.25) is 14.4 Å². The summed E-state index contributed by atoms with van der Waals surface area (Å²) in [6.07, 6.45) is 34.2. The number of hydrogen-bond acceptors (Lipinski definition) is 9. The van der Waals surface area contributed by atoms with Crippen LogP contribution in [0.2, 0.25) is 0 Å². The van der Waals surface area contributed by atoms with Crippen LogP contribution in [0.25, 0.3) is 0 Å². The van der Waals surface area contributed by atoms with Crippen LogP contribution in [0, 0.1) is 11.8 Å². The lowest BCUT2D eigenvalue weighted by atomic mass is 9.94. The second kappa shape index (κ2) is 42.4. The van der Waals surface area contributed by atoms with E-state index in [1.165, 1.54) is 51.4 Å². The Bertz CT molecular complexity index is 926. The smallest absolute Gasteiger partial charge is 0.308 e. The predicted molar refractivity (Wildman–Crippen MR) is 228 cm³/mol. The Labute approximate surface area is 343 Å². The third-order valence-electron chi connectivity index (χ3n) is 9.91. The zero-order chi connectivity index (χ0) is 41.2. The molecule has 0 aliphatic rings. The van der Waals surface area contributed by atoms with Gasteiger partial charge in [0, 0.05) is 26.1 Å². The molecular weight excluding hydrogens is 709 g/mol. The second-order valence-electron chi connectivity index (χ2n) is 15.3. The van der Waals surface area contributed by atoms with E-state index in [9.17, 15) is 19.5 Å². The molecule has 328 valence electrons. The number of aliphatic hydroxyl groups excluding tert-OH is 1. The van der Waals surface area contributed by atoms with E-state index in [-0.39, 0.29) is 50.5 Å². The molecule has 2 atom stereocenters. The van der Waals surface area contributed by atoms with Crippen molar-refractivity contribution >= 4 is 17.9 Å². The lowest BCUT2D eigenvalue weighted by molar-refractivity contribution is -0.161. The SMILES string of the molecule is CC/C=C\CCCCOC(CCC(=O)OCC(CO)COC(=O)CCCCCCOC(=O)C(CCCCCC)CCCCCCCC)OCCCC/C=C\CC. The molecule has 0 aromatic heterocycles. The number of unbranched alkanes of at least 4 members (excludes halogenated alkanes) is 15. The zero-order valence-electron chi connectivity index (χ0n) is 36.6. The Balaban J connectivity index is 4.34. The molecule has 0 aromatic rings. The van der Waals surface area contributed by atoms with Crippen molar-refractivity contribution in [3.05, 3.63) is 24.3 Å². The summed E-state index contributed by atoms with van der Waals surface area (Å²) in [5.74, 6) is -1.24. The average Bonchev–Trinajstić information content (AvgIpc) is 3.20. The quantitative estimate of drug-likeness (QED) is 0.0212. The van der Waals surface area contributed by atoms with E-state index in [1.54, 1.807) is 0 Å². The van der Waals surface area contributed by atoms with Gasteiger partial charge in [-0.15, -0.1) is 0 Å². The van der Waals surface area contributed by atoms with E-state index in [0.717, 1.165) is 96.3 Å². The normalized spacial score (nSPS) is 12.8. The lowest BCUT2D eigenvalue weighted by Crippen LogP contribution is -2.25. The number of rotatable bonds is 42. The number of esters is 3. The van der Waals surface area contributed by atoms with Gasteiger partial charge in [-0.25, -0.2) is 0 Å². The molecule has 56 heavy (non-hydrogen) atoms. The molecule has 0 fully saturated rings. The highest BCUT2D eigenvalue weighted by Gasteiger charge is 2.20. The van der Waals surface area contributed by atoms with Gasteiger partial charge in [0.25, 0.3) is 0 Å². The van der Waals surface area contributed by atoms with Gasteiger partial charge >= 0.3 is 17.9 Å². The van der Waals surface area contributed by atoms with Gasteiger partial charge in [0.2, 0.25) is 0 Å². The Kier molecular flexibility index (Phi) is 40.7. The molecule has 0 rings (SSSR count). The summed E-state index contributed by atoms with van der Waals surface area (Å²) < 4.78 is 28.5. The number of allylic oxidation sites excluding steroid dienone is 4. The molecule has 0 heterocycles. The monoisotopic (exact) mass is 795 g/mol. The fourth-order valence-electron chi connectivity index (χ4n) is 6.28. The fraction of sp³-hybridized carbons (Fsp3) is 0.851. The molecule has 9 nitrogen and oxygen atoms in total. The molecule has 0 saturated carbocycles. The minimum atomic E-state index is -0.485. The van der Waals surface area contributed by atoms with E-state index in [1.807, 2.05) is 0 Å². The first-order valence-electron chi connectivity index (χ1n) is 23.0. The maximum Gasteiger partial charge on any atom is 0.308 e. The number of ether oxygens (including phenoxy) is 5. The van der Waals surface area contributed by atoms with Gasteiger partial charge < -0.3 is 28.8 Å². The van der Waals surface area contributed by atoms with Gasteiger partial charge in [0.1, 0.15) is 0 Å². The molecule has 0 amide bonds. The van der Waals surface area contributed by atoms with Gasteiger partial charge in [0.15, 0.2) is 6.29 Å². The van der Waals surface area contributed by atoms with Crippen molar-refractivity contribution in [1.29, 1.82) is 0 Å². The highest BCUT2D eigenvalue weighted by molar-refractivity contribution is 5.72. The Hall–Kier alpha value is -2.23. The van der Waals surface area contributed by atoms with Crippen LogP contribution < -0.4 is 0 Å². The number of aliphatic hydroxyl groups is 1. The van der Waals surface area contributed by atoms with Gasteiger partial charge in [-0.1, -0.05) is 129 Å². The number of carbonyl (C=O) groups excluding carboxylic acids is 3. The van der Waals surface area contributed by atoms with Crippen LogP contribution in [0.3, 0.4) is 0 Å². The zero-order valence-corrected chi connectivity index (χ0v) is 36.6. The van der Waals surface area contributed by atoms with Crippen molar-refractivity contribution in [3.63, 3.8) is 0 Å². The molecule has 0 radical (unpaired) electrons. The molecule has 0 spiro atoms. The van der Waals surface area contributed by atoms with E-state index in [0.29, 0.717) is 32.7 Å². The standard InChI is InChI=1S/C47H86O9/c1-5-9-13-17-20-26-32-43(31-25-16-12-8-4)47(51)54-38-30-24-21-27-33-44(49)55-40-42(39-48)41-56-45(50)34-35-46(52-36-28-22-18-14-10-6-2)53-37-29-23-19-15-11-7-3/h10-11,14-15,42-43,46,48H,5-9,12-13,16-41H2,1-4H3/b14-10-,15-11-. The highest BCUT2D eigenvalue weighted by atomic mass is 16.7. The van der Waals surface area contributed by atoms with Gasteiger partial charge in [0.05, 0.1) is 44.7 Å². The maximum atomic E-state index is 12.9. The van der Waals surface area contributed by atoms with E-state index in [4.69, 9.17) is 23.7 Å². The van der Waals surface area contributed by atoms with Crippen LogP contribution in [0.5, 0.6) is 0 Å². The second-order valence-corrected chi connectivity index (χ2v) is 15.3. The van der Waals surface area contributed by atoms with Crippen molar-refractivity contribution < 1.29 is 43.2 Å². The van der Waals surface area contributed by atoms with E-state index in [2.05, 4.69) is 52.0 Å². The Morgan fingerprint density at radius 3 is 1.54 bits per heavy atom. The highest BCUT2D eigenvalue weighted by Crippen LogP contribution is 2.21. The lowest BCUT2D eigenvalue weighted by Gasteiger charge is -2.19. The topological polar surface area (TPSA) is 118 Å². The summed E-state index contributed by atoms with van der Waals surface area (Å²) in [6, 6.07) is 0. The summed E-state index contributed by atoms with van der Waals surface area (Å²) in [4.78, 5) is 37.8. The molecule has 9 heteroatoms. The van der Waals surface area contributed by atoms with Crippen molar-refractivity contribution in [2.75, 3.05) is 39.6 Å². The first kappa shape index (κ1) is 53.8. The van der Waals surface area contributed by atoms with Crippen LogP contribution in [-0.4, -0.2) is 68.9 Å². The minimum Gasteiger partial charge on any atom is -0.465 e. The van der Waals surface area contributed by atoms with E-state index < -0.39 is 18.2 Å². The molecule has 0 aliphatic heterocycles. The number of carbonyl (C=O) groups is 3. The largest absolute Gasteiger partial charge is 0.465 e. The average molecular weight is 795 g/mol. The first-order valence-corrected chi connectivity index (χ1v) is 23.0. The maximum absolute atomic E-state index is 12.9. The van der Waals surface area contributed by atoms with Crippen molar-refractivity contribution in [2.24, 2.45) is 11.8 Å². The van der Waals surface area contributed by atoms with Gasteiger partial charge in [-0.2, -0.15) is 0 Å². The predicted octanol–water partition coefficient (Wildman–Crippen LogP) is 11.9. The molecule has 2 unspecified atom stereocenters. The molecule has 0 aromatic carbocycles. The summed E-state index contributed by atoms with van der Waals surface area (Å²) in [5.41, 5.74) is 0. The van der Waals surface area contributed by atoms with Gasteiger partial charge in [-0.05, 0) is 77.0 Å². The first-order chi connectivity index (χ1) is 27.4. The molecule has 1 N–H and O–H groups in total. The summed E-state index contributed by atoms with van der Waals surface area (Å²) in [7, 11) is 0. The molecule has 0 saturated heterocycles. The van der Waals surface area contributed by atoms with Crippen LogP contribution in [0.15, 0.2) is 24.3 Å². The van der Waals surface area contributed by atoms with Crippen molar-refractivity contribution in [1.82, 2.24) is 0 Å². The van der Waals surface area contributed by atoms with Crippen LogP contribution in [0.1, 0.15) is 201 Å².